The molecule has 0 fully saturated rings. The van der Waals surface area contributed by atoms with E-state index in [1.165, 1.54) is 6.26 Å². The SMILES string of the molecule is C=COCCCOCCO. The van der Waals surface area contributed by atoms with Crippen LogP contribution in [0.2, 0.25) is 0 Å². The maximum atomic E-state index is 8.30. The Hall–Kier alpha value is -0.540. The summed E-state index contributed by atoms with van der Waals surface area (Å²) in [5.41, 5.74) is 0. The third kappa shape index (κ3) is 7.46. The van der Waals surface area contributed by atoms with Gasteiger partial charge in [0.1, 0.15) is 0 Å². The van der Waals surface area contributed by atoms with Crippen molar-refractivity contribution in [3.8, 4) is 0 Å². The summed E-state index contributed by atoms with van der Waals surface area (Å²) >= 11 is 0. The fourth-order valence-electron chi connectivity index (χ4n) is 0.494. The lowest BCUT2D eigenvalue weighted by molar-refractivity contribution is 0.0796. The Morgan fingerprint density at radius 3 is 2.70 bits per heavy atom. The predicted molar refractivity (Wildman–Crippen MR) is 38.7 cm³/mol. The van der Waals surface area contributed by atoms with Gasteiger partial charge in [-0.05, 0) is 0 Å². The monoisotopic (exact) mass is 146 g/mol. The van der Waals surface area contributed by atoms with Gasteiger partial charge in [0.15, 0.2) is 0 Å². The highest BCUT2D eigenvalue weighted by molar-refractivity contribution is 4.48. The first-order chi connectivity index (χ1) is 4.91. The fraction of sp³-hybridized carbons (Fsp3) is 0.714. The van der Waals surface area contributed by atoms with Gasteiger partial charge >= 0.3 is 0 Å². The van der Waals surface area contributed by atoms with E-state index in [0.717, 1.165) is 6.42 Å². The van der Waals surface area contributed by atoms with Gasteiger partial charge in [0.25, 0.3) is 0 Å². The van der Waals surface area contributed by atoms with Gasteiger partial charge in [0, 0.05) is 13.0 Å². The highest BCUT2D eigenvalue weighted by Crippen LogP contribution is 1.84. The van der Waals surface area contributed by atoms with E-state index in [4.69, 9.17) is 14.6 Å². The zero-order chi connectivity index (χ0) is 7.66. The first-order valence-electron chi connectivity index (χ1n) is 3.33. The van der Waals surface area contributed by atoms with Crippen molar-refractivity contribution < 1.29 is 14.6 Å². The Morgan fingerprint density at radius 1 is 1.30 bits per heavy atom. The second kappa shape index (κ2) is 8.46. The Balaban J connectivity index is 2.70. The minimum absolute atomic E-state index is 0.0856. The first-order valence-corrected chi connectivity index (χ1v) is 3.33. The second-order valence-corrected chi connectivity index (χ2v) is 1.73. The molecule has 0 atom stereocenters. The molecule has 0 unspecified atom stereocenters. The highest BCUT2D eigenvalue weighted by atomic mass is 16.5. The Bertz CT molecular complexity index is 73.3. The molecule has 0 heterocycles. The molecule has 0 aliphatic rings. The lowest BCUT2D eigenvalue weighted by Gasteiger charge is -2.00. The van der Waals surface area contributed by atoms with E-state index in [1.807, 2.05) is 0 Å². The van der Waals surface area contributed by atoms with E-state index >= 15 is 0 Å². The van der Waals surface area contributed by atoms with Crippen molar-refractivity contribution in [1.29, 1.82) is 0 Å². The number of hydrogen-bond donors (Lipinski definition) is 1. The average Bonchev–Trinajstić information content (AvgIpc) is 1.97. The summed E-state index contributed by atoms with van der Waals surface area (Å²) in [5, 5.41) is 8.30. The van der Waals surface area contributed by atoms with Crippen molar-refractivity contribution >= 4 is 0 Å². The van der Waals surface area contributed by atoms with Gasteiger partial charge in [-0.1, -0.05) is 6.58 Å². The standard InChI is InChI=1S/C7H14O3/c1-2-9-5-3-6-10-7-4-8/h2,8H,1,3-7H2. The van der Waals surface area contributed by atoms with Gasteiger partial charge in [0.05, 0.1) is 26.1 Å². The largest absolute Gasteiger partial charge is 0.502 e. The summed E-state index contributed by atoms with van der Waals surface area (Å²) < 4.78 is 9.80. The molecule has 10 heavy (non-hydrogen) atoms. The van der Waals surface area contributed by atoms with Crippen LogP contribution in [0, 0.1) is 0 Å². The molecule has 0 spiro atoms. The van der Waals surface area contributed by atoms with Crippen molar-refractivity contribution in [3.63, 3.8) is 0 Å². The maximum Gasteiger partial charge on any atom is 0.0895 e. The van der Waals surface area contributed by atoms with Crippen molar-refractivity contribution in [2.75, 3.05) is 26.4 Å². The molecular formula is C7H14O3. The molecular weight excluding hydrogens is 132 g/mol. The Kier molecular flexibility index (Phi) is 8.00. The van der Waals surface area contributed by atoms with Crippen LogP contribution in [0.15, 0.2) is 12.8 Å². The molecule has 0 amide bonds. The number of rotatable bonds is 7. The van der Waals surface area contributed by atoms with Crippen molar-refractivity contribution in [2.45, 2.75) is 6.42 Å². The van der Waals surface area contributed by atoms with Crippen LogP contribution in [0.3, 0.4) is 0 Å². The maximum absolute atomic E-state index is 8.30. The molecule has 0 aromatic rings. The zero-order valence-corrected chi connectivity index (χ0v) is 6.08. The van der Waals surface area contributed by atoms with Crippen LogP contribution in [0.1, 0.15) is 6.42 Å². The second-order valence-electron chi connectivity index (χ2n) is 1.73. The number of ether oxygens (including phenoxy) is 2. The molecule has 0 rings (SSSR count). The summed E-state index contributed by atoms with van der Waals surface area (Å²) in [5.74, 6) is 0. The zero-order valence-electron chi connectivity index (χ0n) is 6.08. The van der Waals surface area contributed by atoms with Crippen LogP contribution >= 0.6 is 0 Å². The van der Waals surface area contributed by atoms with E-state index in [9.17, 15) is 0 Å². The lowest BCUT2D eigenvalue weighted by Crippen LogP contribution is -2.02. The third-order valence-corrected chi connectivity index (χ3v) is 0.904. The summed E-state index contributed by atoms with van der Waals surface area (Å²) in [7, 11) is 0. The molecule has 60 valence electrons. The van der Waals surface area contributed by atoms with E-state index in [1.54, 1.807) is 0 Å². The third-order valence-electron chi connectivity index (χ3n) is 0.904. The highest BCUT2D eigenvalue weighted by Gasteiger charge is 1.86. The summed E-state index contributed by atoms with van der Waals surface area (Å²) in [4.78, 5) is 0. The van der Waals surface area contributed by atoms with E-state index < -0.39 is 0 Å². The van der Waals surface area contributed by atoms with Gasteiger partial charge in [-0.15, -0.1) is 0 Å². The van der Waals surface area contributed by atoms with Gasteiger partial charge in [-0.25, -0.2) is 0 Å². The Morgan fingerprint density at radius 2 is 2.10 bits per heavy atom. The predicted octanol–water partition coefficient (Wildman–Crippen LogP) is 0.546. The topological polar surface area (TPSA) is 38.7 Å². The van der Waals surface area contributed by atoms with Crippen LogP contribution in [-0.4, -0.2) is 31.5 Å². The Labute approximate surface area is 61.3 Å². The van der Waals surface area contributed by atoms with Crippen LogP contribution < -0.4 is 0 Å². The molecule has 0 aliphatic heterocycles. The van der Waals surface area contributed by atoms with Crippen LogP contribution in [0.4, 0.5) is 0 Å². The molecule has 1 N–H and O–H groups in total. The average molecular weight is 146 g/mol. The molecule has 3 nitrogen and oxygen atoms in total. The van der Waals surface area contributed by atoms with Crippen LogP contribution in [0.5, 0.6) is 0 Å². The quantitative estimate of drug-likeness (QED) is 0.421. The van der Waals surface area contributed by atoms with Gasteiger partial charge < -0.3 is 14.6 Å². The normalized spacial score (nSPS) is 9.30. The summed E-state index contributed by atoms with van der Waals surface area (Å²) in [6.07, 6.45) is 2.25. The van der Waals surface area contributed by atoms with Gasteiger partial charge in [-0.3, -0.25) is 0 Å². The molecule has 3 heteroatoms. The summed E-state index contributed by atoms with van der Waals surface area (Å²) in [6.45, 7) is 5.16. The number of hydrogen-bond acceptors (Lipinski definition) is 3. The molecule has 0 aromatic carbocycles. The van der Waals surface area contributed by atoms with Crippen LogP contribution in [0.25, 0.3) is 0 Å². The molecule has 0 saturated heterocycles. The number of aliphatic hydroxyl groups is 1. The van der Waals surface area contributed by atoms with E-state index in [2.05, 4.69) is 6.58 Å². The molecule has 0 aliphatic carbocycles. The first kappa shape index (κ1) is 9.46. The smallest absolute Gasteiger partial charge is 0.0895 e. The van der Waals surface area contributed by atoms with Crippen molar-refractivity contribution in [3.05, 3.63) is 12.8 Å². The molecule has 0 bridgehead atoms. The van der Waals surface area contributed by atoms with Crippen molar-refractivity contribution in [1.82, 2.24) is 0 Å². The van der Waals surface area contributed by atoms with Gasteiger partial charge in [0.2, 0.25) is 0 Å². The molecule has 0 saturated carbocycles. The minimum Gasteiger partial charge on any atom is -0.502 e. The summed E-state index contributed by atoms with van der Waals surface area (Å²) in [6, 6.07) is 0. The fourth-order valence-corrected chi connectivity index (χ4v) is 0.494. The molecule has 0 radical (unpaired) electrons. The van der Waals surface area contributed by atoms with E-state index in [0.29, 0.717) is 19.8 Å². The molecule has 0 aromatic heterocycles. The van der Waals surface area contributed by atoms with Crippen LogP contribution in [-0.2, 0) is 9.47 Å². The lowest BCUT2D eigenvalue weighted by atomic mass is 10.5. The number of aliphatic hydroxyl groups excluding tert-OH is 1. The van der Waals surface area contributed by atoms with Crippen molar-refractivity contribution in [2.24, 2.45) is 0 Å². The van der Waals surface area contributed by atoms with E-state index in [-0.39, 0.29) is 6.61 Å². The minimum atomic E-state index is 0.0856. The van der Waals surface area contributed by atoms with Gasteiger partial charge in [-0.2, -0.15) is 0 Å².